The lowest BCUT2D eigenvalue weighted by Gasteiger charge is -2.02. The molecule has 0 saturated heterocycles. The van der Waals surface area contributed by atoms with Gasteiger partial charge in [-0.05, 0) is 22.2 Å². The summed E-state index contributed by atoms with van der Waals surface area (Å²) in [7, 11) is 0. The van der Waals surface area contributed by atoms with Crippen LogP contribution in [0, 0.1) is 0 Å². The van der Waals surface area contributed by atoms with Crippen molar-refractivity contribution in [1.82, 2.24) is 0 Å². The molecule has 1 heteroatoms. The van der Waals surface area contributed by atoms with Crippen molar-refractivity contribution in [3.05, 3.63) is 46.1 Å². The molecule has 0 radical (unpaired) electrons. The van der Waals surface area contributed by atoms with Crippen LogP contribution in [0.3, 0.4) is 0 Å². The molecule has 0 saturated carbocycles. The van der Waals surface area contributed by atoms with Crippen LogP contribution in [-0.2, 0) is 0 Å². The molecular formula is C9H9I. The van der Waals surface area contributed by atoms with Crippen molar-refractivity contribution in [1.29, 1.82) is 0 Å². The smallest absolute Gasteiger partial charge is 0.00943 e. The Kier molecular flexibility index (Phi) is 2.93. The molecule has 52 valence electrons. The first-order chi connectivity index (χ1) is 4.83. The zero-order chi connectivity index (χ0) is 7.40. The van der Waals surface area contributed by atoms with E-state index in [1.165, 1.54) is 11.1 Å². The van der Waals surface area contributed by atoms with Gasteiger partial charge < -0.3 is 0 Å². The van der Waals surface area contributed by atoms with E-state index < -0.39 is 0 Å². The number of hydrogen-bond donors (Lipinski definition) is 0. The molecule has 0 unspecified atom stereocenters. The first kappa shape index (κ1) is 7.79. The van der Waals surface area contributed by atoms with Crippen LogP contribution in [0.4, 0.5) is 0 Å². The van der Waals surface area contributed by atoms with Crippen molar-refractivity contribution in [3.8, 4) is 0 Å². The minimum atomic E-state index is 0.993. The maximum Gasteiger partial charge on any atom is -0.00943 e. The van der Waals surface area contributed by atoms with Gasteiger partial charge in [0.2, 0.25) is 0 Å². The molecule has 0 spiro atoms. The summed E-state index contributed by atoms with van der Waals surface area (Å²) >= 11 is 2.22. The Bertz CT molecular complexity index is 219. The normalized spacial score (nSPS) is 18.1. The second kappa shape index (κ2) is 3.76. The van der Waals surface area contributed by atoms with Gasteiger partial charge in [-0.15, -0.1) is 0 Å². The number of halogens is 1. The maximum atomic E-state index is 3.85. The molecule has 0 aromatic carbocycles. The van der Waals surface area contributed by atoms with Gasteiger partial charge >= 0.3 is 0 Å². The minimum Gasteiger partial charge on any atom is -0.0955 e. The maximum absolute atomic E-state index is 3.85. The van der Waals surface area contributed by atoms with Gasteiger partial charge in [-0.2, -0.15) is 0 Å². The quantitative estimate of drug-likeness (QED) is 0.620. The van der Waals surface area contributed by atoms with Gasteiger partial charge in [-0.25, -0.2) is 0 Å². The van der Waals surface area contributed by atoms with Crippen molar-refractivity contribution in [3.63, 3.8) is 0 Å². The zero-order valence-electron chi connectivity index (χ0n) is 5.68. The van der Waals surface area contributed by atoms with Gasteiger partial charge in [0.1, 0.15) is 0 Å². The highest BCUT2D eigenvalue weighted by atomic mass is 127. The predicted molar refractivity (Wildman–Crippen MR) is 54.1 cm³/mol. The van der Waals surface area contributed by atoms with E-state index in [0.717, 1.165) is 6.42 Å². The Morgan fingerprint density at radius 2 is 2.30 bits per heavy atom. The standard InChI is InChI=1S/C9H9I/c1-8-2-4-9(5-3-8)6-7-10/h2,4-7H,1,3H2/b7-6+. The Labute approximate surface area is 75.2 Å². The third-order valence-corrected chi connectivity index (χ3v) is 1.73. The van der Waals surface area contributed by atoms with Crippen molar-refractivity contribution in [2.24, 2.45) is 0 Å². The van der Waals surface area contributed by atoms with Crippen LogP contribution in [0.25, 0.3) is 0 Å². The highest BCUT2D eigenvalue weighted by Crippen LogP contribution is 2.14. The molecule has 0 aliphatic heterocycles. The summed E-state index contributed by atoms with van der Waals surface area (Å²) in [5, 5.41) is 0. The van der Waals surface area contributed by atoms with Gasteiger partial charge in [0.25, 0.3) is 0 Å². The molecule has 0 bridgehead atoms. The molecule has 0 atom stereocenters. The van der Waals surface area contributed by atoms with Gasteiger partial charge in [0.05, 0.1) is 0 Å². The van der Waals surface area contributed by atoms with Crippen molar-refractivity contribution in [2.45, 2.75) is 6.42 Å². The first-order valence-electron chi connectivity index (χ1n) is 3.15. The average Bonchev–Trinajstić information content (AvgIpc) is 1.95. The summed E-state index contributed by atoms with van der Waals surface area (Å²) in [6.07, 6.45) is 9.40. The average molecular weight is 244 g/mol. The van der Waals surface area contributed by atoms with E-state index in [1.807, 2.05) is 4.08 Å². The fourth-order valence-corrected chi connectivity index (χ4v) is 1.21. The van der Waals surface area contributed by atoms with Crippen molar-refractivity contribution >= 4 is 22.6 Å². The zero-order valence-corrected chi connectivity index (χ0v) is 7.84. The molecule has 0 amide bonds. The van der Waals surface area contributed by atoms with Gasteiger partial charge in [-0.3, -0.25) is 0 Å². The van der Waals surface area contributed by atoms with Crippen LogP contribution in [0.15, 0.2) is 46.1 Å². The van der Waals surface area contributed by atoms with Crippen LogP contribution in [0.2, 0.25) is 0 Å². The highest BCUT2D eigenvalue weighted by molar-refractivity contribution is 14.1. The summed E-state index contributed by atoms with van der Waals surface area (Å²) in [6, 6.07) is 0. The third kappa shape index (κ3) is 2.14. The Morgan fingerprint density at radius 1 is 1.50 bits per heavy atom. The lowest BCUT2D eigenvalue weighted by atomic mass is 10.0. The molecule has 0 heterocycles. The van der Waals surface area contributed by atoms with E-state index in [1.54, 1.807) is 0 Å². The molecule has 0 aromatic heterocycles. The Balaban J connectivity index is 2.67. The molecule has 1 aliphatic carbocycles. The molecule has 0 fully saturated rings. The number of hydrogen-bond acceptors (Lipinski definition) is 0. The molecule has 0 aromatic rings. The second-order valence-electron chi connectivity index (χ2n) is 2.19. The van der Waals surface area contributed by atoms with E-state index in [4.69, 9.17) is 0 Å². The van der Waals surface area contributed by atoms with Gasteiger partial charge in [0.15, 0.2) is 0 Å². The lowest BCUT2D eigenvalue weighted by Crippen LogP contribution is -1.82. The van der Waals surface area contributed by atoms with E-state index in [2.05, 4.69) is 53.5 Å². The monoisotopic (exact) mass is 244 g/mol. The molecular weight excluding hydrogens is 235 g/mol. The van der Waals surface area contributed by atoms with E-state index in [0.29, 0.717) is 0 Å². The lowest BCUT2D eigenvalue weighted by molar-refractivity contribution is 1.25. The summed E-state index contributed by atoms with van der Waals surface area (Å²) in [5.74, 6) is 0. The molecule has 1 rings (SSSR count). The first-order valence-corrected chi connectivity index (χ1v) is 4.40. The van der Waals surface area contributed by atoms with E-state index in [-0.39, 0.29) is 0 Å². The van der Waals surface area contributed by atoms with E-state index >= 15 is 0 Å². The SMILES string of the molecule is C=C1C=CC(/C=C/I)=CC1. The van der Waals surface area contributed by atoms with Crippen molar-refractivity contribution in [2.75, 3.05) is 0 Å². The highest BCUT2D eigenvalue weighted by Gasteiger charge is 1.94. The molecule has 1 aliphatic rings. The topological polar surface area (TPSA) is 0 Å². The van der Waals surface area contributed by atoms with Gasteiger partial charge in [-0.1, -0.05) is 53.0 Å². The summed E-state index contributed by atoms with van der Waals surface area (Å²) < 4.78 is 2.02. The molecule has 0 nitrogen and oxygen atoms in total. The fourth-order valence-electron chi connectivity index (χ4n) is 0.795. The van der Waals surface area contributed by atoms with E-state index in [9.17, 15) is 0 Å². The largest absolute Gasteiger partial charge is 0.0955 e. The van der Waals surface area contributed by atoms with Crippen molar-refractivity contribution < 1.29 is 0 Å². The predicted octanol–water partition coefficient (Wildman–Crippen LogP) is 3.38. The Hall–Kier alpha value is -0.310. The second-order valence-corrected chi connectivity index (χ2v) is 2.91. The van der Waals surface area contributed by atoms with Crippen LogP contribution < -0.4 is 0 Å². The van der Waals surface area contributed by atoms with Crippen LogP contribution >= 0.6 is 22.6 Å². The molecule has 10 heavy (non-hydrogen) atoms. The van der Waals surface area contributed by atoms with Crippen LogP contribution in [-0.4, -0.2) is 0 Å². The van der Waals surface area contributed by atoms with Crippen LogP contribution in [0.5, 0.6) is 0 Å². The summed E-state index contributed by atoms with van der Waals surface area (Å²) in [6.45, 7) is 3.85. The summed E-state index contributed by atoms with van der Waals surface area (Å²) in [4.78, 5) is 0. The number of allylic oxidation sites excluding steroid dienone is 6. The fraction of sp³-hybridized carbons (Fsp3) is 0.111. The third-order valence-electron chi connectivity index (χ3n) is 1.37. The van der Waals surface area contributed by atoms with Crippen LogP contribution in [0.1, 0.15) is 6.42 Å². The summed E-state index contributed by atoms with van der Waals surface area (Å²) in [5.41, 5.74) is 2.47. The minimum absolute atomic E-state index is 0.993. The number of rotatable bonds is 1. The molecule has 0 N–H and O–H groups in total. The Morgan fingerprint density at radius 3 is 2.80 bits per heavy atom. The van der Waals surface area contributed by atoms with Gasteiger partial charge in [0, 0.05) is 0 Å².